The highest BCUT2D eigenvalue weighted by molar-refractivity contribution is 7.18. The maximum Gasteiger partial charge on any atom is 0.265 e. The predicted octanol–water partition coefficient (Wildman–Crippen LogP) is 2.27. The lowest BCUT2D eigenvalue weighted by Gasteiger charge is -2.16. The van der Waals surface area contributed by atoms with E-state index in [1.54, 1.807) is 11.3 Å². The van der Waals surface area contributed by atoms with Crippen molar-refractivity contribution in [3.8, 4) is 0 Å². The van der Waals surface area contributed by atoms with E-state index in [1.165, 1.54) is 11.3 Å². The van der Waals surface area contributed by atoms with Gasteiger partial charge in [-0.15, -0.1) is 11.3 Å². The molecule has 0 aliphatic heterocycles. The molecule has 0 aromatic carbocycles. The van der Waals surface area contributed by atoms with Crippen LogP contribution in [-0.4, -0.2) is 29.0 Å². The standard InChI is InChI=1S/C13H19N5OS2/c1-4-18(5-2)13-17-11(14)10(21-13)12(19)15-6-9-7-20-8(3)16-9/h7H,4-6,14H2,1-3H3,(H,15,19). The molecule has 1 amide bonds. The Kier molecular flexibility index (Phi) is 5.13. The van der Waals surface area contributed by atoms with Gasteiger partial charge >= 0.3 is 0 Å². The first-order valence-corrected chi connectivity index (χ1v) is 8.45. The largest absolute Gasteiger partial charge is 0.382 e. The molecule has 0 spiro atoms. The molecule has 2 rings (SSSR count). The monoisotopic (exact) mass is 325 g/mol. The predicted molar refractivity (Wildman–Crippen MR) is 88.1 cm³/mol. The van der Waals surface area contributed by atoms with Crippen molar-refractivity contribution in [3.05, 3.63) is 21.0 Å². The van der Waals surface area contributed by atoms with Gasteiger partial charge in [0.05, 0.1) is 17.2 Å². The Labute approximate surface area is 132 Å². The van der Waals surface area contributed by atoms with Crippen molar-refractivity contribution in [2.45, 2.75) is 27.3 Å². The molecule has 3 N–H and O–H groups in total. The third-order valence-electron chi connectivity index (χ3n) is 2.98. The molecule has 0 unspecified atom stereocenters. The molecule has 114 valence electrons. The Balaban J connectivity index is 2.05. The van der Waals surface area contributed by atoms with Gasteiger partial charge in [-0.3, -0.25) is 4.79 Å². The van der Waals surface area contributed by atoms with E-state index in [4.69, 9.17) is 5.73 Å². The SMILES string of the molecule is CCN(CC)c1nc(N)c(C(=O)NCc2csc(C)n2)s1. The van der Waals surface area contributed by atoms with Gasteiger partial charge in [0.1, 0.15) is 10.7 Å². The molecule has 2 aromatic rings. The number of nitrogens with zero attached hydrogens (tertiary/aromatic N) is 3. The molecule has 21 heavy (non-hydrogen) atoms. The number of hydrogen-bond donors (Lipinski definition) is 2. The van der Waals surface area contributed by atoms with Gasteiger partial charge in [-0.25, -0.2) is 9.97 Å². The first-order valence-electron chi connectivity index (χ1n) is 6.75. The summed E-state index contributed by atoms with van der Waals surface area (Å²) in [5.41, 5.74) is 6.72. The van der Waals surface area contributed by atoms with Crippen LogP contribution in [0.4, 0.5) is 10.9 Å². The fourth-order valence-corrected chi connectivity index (χ4v) is 3.49. The van der Waals surface area contributed by atoms with E-state index in [9.17, 15) is 4.79 Å². The number of nitrogens with one attached hydrogen (secondary N) is 1. The highest BCUT2D eigenvalue weighted by Gasteiger charge is 2.18. The van der Waals surface area contributed by atoms with Gasteiger partial charge in [0.2, 0.25) is 0 Å². The zero-order valence-corrected chi connectivity index (χ0v) is 14.0. The van der Waals surface area contributed by atoms with E-state index in [0.717, 1.165) is 28.9 Å². The molecule has 0 atom stereocenters. The van der Waals surface area contributed by atoms with Gasteiger partial charge in [0.15, 0.2) is 5.13 Å². The smallest absolute Gasteiger partial charge is 0.265 e. The quantitative estimate of drug-likeness (QED) is 0.851. The van der Waals surface area contributed by atoms with Crippen LogP contribution < -0.4 is 16.0 Å². The average molecular weight is 325 g/mol. The van der Waals surface area contributed by atoms with Gasteiger partial charge in [0.25, 0.3) is 5.91 Å². The molecule has 0 saturated heterocycles. The molecule has 8 heteroatoms. The van der Waals surface area contributed by atoms with Crippen LogP contribution >= 0.6 is 22.7 Å². The Hall–Kier alpha value is -1.67. The number of aryl methyl sites for hydroxylation is 1. The molecule has 2 heterocycles. The topological polar surface area (TPSA) is 84.1 Å². The number of nitrogens with two attached hydrogens (primary N) is 1. The van der Waals surface area contributed by atoms with Gasteiger partial charge < -0.3 is 16.0 Å². The van der Waals surface area contributed by atoms with Crippen molar-refractivity contribution in [1.29, 1.82) is 0 Å². The minimum Gasteiger partial charge on any atom is -0.382 e. The molecule has 0 radical (unpaired) electrons. The normalized spacial score (nSPS) is 10.6. The van der Waals surface area contributed by atoms with E-state index in [0.29, 0.717) is 11.4 Å². The van der Waals surface area contributed by atoms with Crippen LogP contribution in [0.25, 0.3) is 0 Å². The Bertz CT molecular complexity index is 618. The van der Waals surface area contributed by atoms with E-state index >= 15 is 0 Å². The van der Waals surface area contributed by atoms with Crippen molar-refractivity contribution >= 4 is 39.5 Å². The number of anilines is 2. The number of amides is 1. The first-order chi connectivity index (χ1) is 10.0. The molecule has 2 aromatic heterocycles. The number of aromatic nitrogens is 2. The van der Waals surface area contributed by atoms with Crippen molar-refractivity contribution in [2.75, 3.05) is 23.7 Å². The van der Waals surface area contributed by atoms with Crippen molar-refractivity contribution in [2.24, 2.45) is 0 Å². The summed E-state index contributed by atoms with van der Waals surface area (Å²) in [6.07, 6.45) is 0. The van der Waals surface area contributed by atoms with Crippen molar-refractivity contribution in [3.63, 3.8) is 0 Å². The maximum atomic E-state index is 12.2. The van der Waals surface area contributed by atoms with E-state index in [1.807, 2.05) is 26.2 Å². The summed E-state index contributed by atoms with van der Waals surface area (Å²) >= 11 is 2.89. The molecule has 0 aliphatic rings. The number of nitrogen functional groups attached to an aromatic ring is 1. The van der Waals surface area contributed by atoms with Gasteiger partial charge in [0, 0.05) is 18.5 Å². The van der Waals surface area contributed by atoms with Crippen LogP contribution in [-0.2, 0) is 6.54 Å². The summed E-state index contributed by atoms with van der Waals surface area (Å²) in [5.74, 6) is 0.0860. The Morgan fingerprint density at radius 1 is 1.38 bits per heavy atom. The van der Waals surface area contributed by atoms with Crippen LogP contribution in [0.1, 0.15) is 34.2 Å². The highest BCUT2D eigenvalue weighted by Crippen LogP contribution is 2.27. The number of thiazole rings is 2. The number of carbonyl (C=O) groups is 1. The van der Waals surface area contributed by atoms with E-state index in [-0.39, 0.29) is 11.7 Å². The minimum absolute atomic E-state index is 0.200. The van der Waals surface area contributed by atoms with Crippen LogP contribution in [0.5, 0.6) is 0 Å². The molecule has 0 bridgehead atoms. The molecule has 0 aliphatic carbocycles. The van der Waals surface area contributed by atoms with Crippen molar-refractivity contribution in [1.82, 2.24) is 15.3 Å². The van der Waals surface area contributed by atoms with Gasteiger partial charge in [-0.05, 0) is 20.8 Å². The van der Waals surface area contributed by atoms with Crippen LogP contribution in [0.3, 0.4) is 0 Å². The van der Waals surface area contributed by atoms with Crippen LogP contribution in [0, 0.1) is 6.92 Å². The summed E-state index contributed by atoms with van der Waals surface area (Å²) in [6.45, 7) is 8.11. The fourth-order valence-electron chi connectivity index (χ4n) is 1.85. The summed E-state index contributed by atoms with van der Waals surface area (Å²) in [7, 11) is 0. The molecule has 0 saturated carbocycles. The van der Waals surface area contributed by atoms with E-state index in [2.05, 4.69) is 20.2 Å². The molecule has 6 nitrogen and oxygen atoms in total. The average Bonchev–Trinajstić information content (AvgIpc) is 3.04. The van der Waals surface area contributed by atoms with Crippen molar-refractivity contribution < 1.29 is 4.79 Å². The van der Waals surface area contributed by atoms with Gasteiger partial charge in [-0.2, -0.15) is 0 Å². The lowest BCUT2D eigenvalue weighted by Crippen LogP contribution is -2.23. The molecular weight excluding hydrogens is 306 g/mol. The second kappa shape index (κ2) is 6.86. The lowest BCUT2D eigenvalue weighted by molar-refractivity contribution is 0.0955. The number of hydrogen-bond acceptors (Lipinski definition) is 7. The van der Waals surface area contributed by atoms with Crippen LogP contribution in [0.2, 0.25) is 0 Å². The Morgan fingerprint density at radius 2 is 2.10 bits per heavy atom. The fraction of sp³-hybridized carbons (Fsp3) is 0.462. The third kappa shape index (κ3) is 3.70. The van der Waals surface area contributed by atoms with Gasteiger partial charge in [-0.1, -0.05) is 11.3 Å². The Morgan fingerprint density at radius 3 is 2.67 bits per heavy atom. The second-order valence-corrected chi connectivity index (χ2v) is 6.46. The molecular formula is C13H19N5OS2. The first kappa shape index (κ1) is 15.7. The summed E-state index contributed by atoms with van der Waals surface area (Å²) in [4.78, 5) is 23.3. The second-order valence-electron chi connectivity index (χ2n) is 4.42. The highest BCUT2D eigenvalue weighted by atomic mass is 32.1. The lowest BCUT2D eigenvalue weighted by atomic mass is 10.4. The number of rotatable bonds is 6. The minimum atomic E-state index is -0.200. The summed E-state index contributed by atoms with van der Waals surface area (Å²) in [6, 6.07) is 0. The number of carbonyl (C=O) groups excluding carboxylic acids is 1. The zero-order chi connectivity index (χ0) is 15.4. The molecule has 0 fully saturated rings. The summed E-state index contributed by atoms with van der Waals surface area (Å²) in [5, 5.41) is 6.54. The summed E-state index contributed by atoms with van der Waals surface area (Å²) < 4.78 is 0. The maximum absolute atomic E-state index is 12.2. The zero-order valence-electron chi connectivity index (χ0n) is 12.3. The third-order valence-corrected chi connectivity index (χ3v) is 4.93. The van der Waals surface area contributed by atoms with Crippen LogP contribution in [0.15, 0.2) is 5.38 Å². The van der Waals surface area contributed by atoms with E-state index < -0.39 is 0 Å².